The molecular weight excluding hydrogens is 572 g/mol. The minimum Gasteiger partial charge on any atom is -0.496 e. The molecule has 2 aliphatic carbocycles. The number of Topliss-reactive ketones (excluding diaryl/α,β-unsaturated/α-hetero) is 1. The lowest BCUT2D eigenvalue weighted by molar-refractivity contribution is 0.0503. The predicted octanol–water partition coefficient (Wildman–Crippen LogP) is 6.76. The standard InChI is InChI=1S/C35H40N4O6/c1-18-29-27(44-6)14-23(33(41)38-17-22-10-12-25(38)30(22)39(34(42)43)35(3,4)5)15-28(29)45-31(18)26-13-21-9-11-24(19(2)40)36-32(21)37(26)16-20-7-8-20/h9,11,13-15,20,22,25,30H,7-8,10,12,16-17H2,1-6H3,(H,42,43)/t22?,25?,30-/m1/s1. The summed E-state index contributed by atoms with van der Waals surface area (Å²) in [7, 11) is 1.59. The number of hydrogen-bond donors (Lipinski definition) is 1. The van der Waals surface area contributed by atoms with Crippen LogP contribution in [0.25, 0.3) is 33.5 Å². The Kier molecular flexibility index (Phi) is 6.76. The molecule has 0 radical (unpaired) electrons. The van der Waals surface area contributed by atoms with Gasteiger partial charge in [-0.2, -0.15) is 0 Å². The number of ketones is 1. The van der Waals surface area contributed by atoms with Crippen molar-refractivity contribution in [1.29, 1.82) is 0 Å². The maximum atomic E-state index is 14.1. The molecule has 4 aromatic rings. The van der Waals surface area contributed by atoms with Crippen molar-refractivity contribution in [2.75, 3.05) is 13.7 Å². The Hall–Kier alpha value is -4.34. The topological polar surface area (TPSA) is 118 Å². The van der Waals surface area contributed by atoms with Crippen LogP contribution >= 0.6 is 0 Å². The Morgan fingerprint density at radius 3 is 2.51 bits per heavy atom. The smallest absolute Gasteiger partial charge is 0.408 e. The SMILES string of the molecule is COc1cc(C(=O)N2CC3CCC2[C@@H]3N(C(=O)O)C(C)(C)C)cc2oc(-c3cc4ccc(C(C)=O)nc4n3CC3CC3)c(C)c12. The van der Waals surface area contributed by atoms with Gasteiger partial charge < -0.3 is 23.7 Å². The van der Waals surface area contributed by atoms with Gasteiger partial charge in [0.25, 0.3) is 5.91 Å². The molecule has 236 valence electrons. The van der Waals surface area contributed by atoms with E-state index in [1.54, 1.807) is 30.2 Å². The van der Waals surface area contributed by atoms with Crippen LogP contribution in [0.4, 0.5) is 4.79 Å². The summed E-state index contributed by atoms with van der Waals surface area (Å²) in [6.07, 6.45) is 3.04. The number of nitrogens with zero attached hydrogens (tertiary/aromatic N) is 4. The van der Waals surface area contributed by atoms with Gasteiger partial charge in [-0.25, -0.2) is 9.78 Å². The zero-order valence-electron chi connectivity index (χ0n) is 26.7. The molecule has 2 unspecified atom stereocenters. The van der Waals surface area contributed by atoms with Gasteiger partial charge in [0.1, 0.15) is 22.7 Å². The van der Waals surface area contributed by atoms with Crippen molar-refractivity contribution in [1.82, 2.24) is 19.4 Å². The van der Waals surface area contributed by atoms with E-state index in [4.69, 9.17) is 14.1 Å². The number of rotatable bonds is 7. The summed E-state index contributed by atoms with van der Waals surface area (Å²) in [4.78, 5) is 46.7. The van der Waals surface area contributed by atoms with E-state index in [2.05, 4.69) is 10.6 Å². The van der Waals surface area contributed by atoms with Crippen molar-refractivity contribution in [3.8, 4) is 17.2 Å². The second-order valence-corrected chi connectivity index (χ2v) is 14.0. The van der Waals surface area contributed by atoms with Gasteiger partial charge in [0, 0.05) is 42.1 Å². The van der Waals surface area contributed by atoms with Crippen molar-refractivity contribution in [2.24, 2.45) is 11.8 Å². The first kappa shape index (κ1) is 29.4. The highest BCUT2D eigenvalue weighted by Gasteiger charge is 2.54. The quantitative estimate of drug-likeness (QED) is 0.229. The normalized spacial score (nSPS) is 21.2. The van der Waals surface area contributed by atoms with E-state index in [9.17, 15) is 19.5 Å². The monoisotopic (exact) mass is 612 g/mol. The van der Waals surface area contributed by atoms with Gasteiger partial charge in [0.15, 0.2) is 11.5 Å². The molecule has 1 aliphatic heterocycles. The predicted molar refractivity (Wildman–Crippen MR) is 170 cm³/mol. The minimum atomic E-state index is -0.952. The summed E-state index contributed by atoms with van der Waals surface area (Å²) in [5.41, 5.74) is 3.40. The second kappa shape index (κ2) is 10.4. The molecule has 2 amide bonds. The first-order valence-electron chi connectivity index (χ1n) is 15.8. The number of ether oxygens (including phenoxy) is 1. The average molecular weight is 613 g/mol. The lowest BCUT2D eigenvalue weighted by atomic mass is 9.98. The van der Waals surface area contributed by atoms with Crippen LogP contribution in [0.15, 0.2) is 34.7 Å². The number of pyridine rings is 1. The Balaban J connectivity index is 1.29. The fraction of sp³-hybridized carbons (Fsp3) is 0.486. The van der Waals surface area contributed by atoms with Gasteiger partial charge in [-0.3, -0.25) is 14.5 Å². The molecule has 3 aliphatic rings. The van der Waals surface area contributed by atoms with E-state index in [0.717, 1.165) is 59.9 Å². The molecular formula is C35H40N4O6. The molecule has 3 fully saturated rings. The largest absolute Gasteiger partial charge is 0.496 e. The molecule has 45 heavy (non-hydrogen) atoms. The van der Waals surface area contributed by atoms with Gasteiger partial charge in [0.2, 0.25) is 0 Å². The number of furan rings is 1. The number of carbonyl (C=O) groups is 3. The highest BCUT2D eigenvalue weighted by molar-refractivity contribution is 6.02. The van der Waals surface area contributed by atoms with Crippen LogP contribution in [0, 0.1) is 18.8 Å². The molecule has 1 N–H and O–H groups in total. The summed E-state index contributed by atoms with van der Waals surface area (Å²) < 4.78 is 14.6. The summed E-state index contributed by atoms with van der Waals surface area (Å²) in [6, 6.07) is 8.90. The molecule has 2 saturated carbocycles. The molecule has 10 nitrogen and oxygen atoms in total. The van der Waals surface area contributed by atoms with Crippen LogP contribution in [0.1, 0.15) is 79.8 Å². The number of carbonyl (C=O) groups excluding carboxylic acids is 2. The third-order valence-corrected chi connectivity index (χ3v) is 9.97. The highest BCUT2D eigenvalue weighted by Crippen LogP contribution is 2.45. The number of amides is 2. The van der Waals surface area contributed by atoms with Gasteiger partial charge in [-0.05, 0) is 95.5 Å². The number of hydrogen-bond acceptors (Lipinski definition) is 6. The highest BCUT2D eigenvalue weighted by atomic mass is 16.5. The van der Waals surface area contributed by atoms with Gasteiger partial charge in [-0.1, -0.05) is 0 Å². The summed E-state index contributed by atoms with van der Waals surface area (Å²) in [5, 5.41) is 11.8. The molecule has 4 heterocycles. The van der Waals surface area contributed by atoms with Gasteiger partial charge in [0.05, 0.1) is 30.3 Å². The number of aromatic nitrogens is 2. The number of methoxy groups -OCH3 is 1. The fourth-order valence-corrected chi connectivity index (χ4v) is 7.74. The third-order valence-electron chi connectivity index (χ3n) is 9.97. The average Bonchev–Trinajstić information content (AvgIpc) is 3.31. The lowest BCUT2D eigenvalue weighted by Crippen LogP contribution is -2.55. The van der Waals surface area contributed by atoms with Crippen molar-refractivity contribution < 1.29 is 28.6 Å². The number of benzene rings is 1. The first-order chi connectivity index (χ1) is 21.4. The van der Waals surface area contributed by atoms with E-state index >= 15 is 0 Å². The van der Waals surface area contributed by atoms with Crippen LogP contribution in [-0.2, 0) is 6.54 Å². The molecule has 3 atom stereocenters. The summed E-state index contributed by atoms with van der Waals surface area (Å²) in [5.74, 6) is 1.66. The van der Waals surface area contributed by atoms with Crippen molar-refractivity contribution in [2.45, 2.75) is 84.5 Å². The third kappa shape index (κ3) is 4.76. The maximum Gasteiger partial charge on any atom is 0.408 e. The molecule has 2 bridgehead atoms. The molecule has 1 saturated heterocycles. The van der Waals surface area contributed by atoms with Crippen LogP contribution in [-0.4, -0.2) is 73.5 Å². The zero-order valence-corrected chi connectivity index (χ0v) is 26.7. The second-order valence-electron chi connectivity index (χ2n) is 14.0. The van der Waals surface area contributed by atoms with Crippen LogP contribution in [0.2, 0.25) is 0 Å². The first-order valence-corrected chi connectivity index (χ1v) is 15.8. The zero-order chi connectivity index (χ0) is 31.9. The van der Waals surface area contributed by atoms with Crippen LogP contribution in [0.3, 0.4) is 0 Å². The van der Waals surface area contributed by atoms with Crippen molar-refractivity contribution >= 4 is 39.8 Å². The molecule has 10 heteroatoms. The minimum absolute atomic E-state index is 0.0777. The van der Waals surface area contributed by atoms with Crippen molar-refractivity contribution in [3.63, 3.8) is 0 Å². The van der Waals surface area contributed by atoms with Gasteiger partial charge >= 0.3 is 6.09 Å². The van der Waals surface area contributed by atoms with E-state index < -0.39 is 11.6 Å². The Morgan fingerprint density at radius 2 is 1.87 bits per heavy atom. The van der Waals surface area contributed by atoms with Crippen LogP contribution in [0.5, 0.6) is 5.75 Å². The molecule has 7 rings (SSSR count). The molecule has 3 aromatic heterocycles. The summed E-state index contributed by atoms with van der Waals surface area (Å²) >= 11 is 0. The Labute approximate surface area is 261 Å². The number of aryl methyl sites for hydroxylation is 1. The number of carboxylic acid groups (broad SMARTS) is 1. The van der Waals surface area contributed by atoms with Gasteiger partial charge in [-0.15, -0.1) is 0 Å². The van der Waals surface area contributed by atoms with Crippen molar-refractivity contribution in [3.05, 3.63) is 47.2 Å². The van der Waals surface area contributed by atoms with E-state index in [1.807, 2.05) is 38.7 Å². The molecule has 1 aromatic carbocycles. The van der Waals surface area contributed by atoms with E-state index in [0.29, 0.717) is 40.8 Å². The summed E-state index contributed by atoms with van der Waals surface area (Å²) in [6.45, 7) is 10.5. The Morgan fingerprint density at radius 1 is 1.11 bits per heavy atom. The van der Waals surface area contributed by atoms with E-state index in [1.165, 1.54) is 6.92 Å². The maximum absolute atomic E-state index is 14.1. The number of likely N-dealkylation sites (tertiary alicyclic amines) is 1. The Bertz CT molecular complexity index is 1880. The fourth-order valence-electron chi connectivity index (χ4n) is 7.74. The van der Waals surface area contributed by atoms with E-state index in [-0.39, 0.29) is 29.7 Å². The van der Waals surface area contributed by atoms with Crippen LogP contribution < -0.4 is 4.74 Å². The number of fused-ring (bicyclic) bond motifs is 4. The number of piperidine rings is 1. The lowest BCUT2D eigenvalue weighted by Gasteiger charge is -2.40. The molecule has 0 spiro atoms.